The molecule has 1 saturated heterocycles. The van der Waals surface area contributed by atoms with E-state index in [4.69, 9.17) is 0 Å². The molecule has 2 rings (SSSR count). The average Bonchev–Trinajstić information content (AvgIpc) is 2.74. The quantitative estimate of drug-likeness (QED) is 0.892. The van der Waals surface area contributed by atoms with Gasteiger partial charge in [0.05, 0.1) is 6.20 Å². The highest BCUT2D eigenvalue weighted by Gasteiger charge is 2.15. The summed E-state index contributed by atoms with van der Waals surface area (Å²) in [6.45, 7) is 3.31. The normalized spacial score (nSPS) is 23.2. The lowest BCUT2D eigenvalue weighted by Gasteiger charge is -2.23. The Bertz CT molecular complexity index is 321. The number of aromatic nitrogens is 2. The highest BCUT2D eigenvalue weighted by molar-refractivity contribution is 8.06. The second kappa shape index (κ2) is 5.98. The van der Waals surface area contributed by atoms with E-state index in [1.54, 1.807) is 0 Å². The van der Waals surface area contributed by atoms with Gasteiger partial charge in [-0.05, 0) is 6.92 Å². The molecule has 0 aliphatic carbocycles. The molecule has 0 bridgehead atoms. The number of thioether (sulfide) groups is 2. The highest BCUT2D eigenvalue weighted by Crippen LogP contribution is 2.24. The minimum atomic E-state index is 0.404. The molecule has 1 N–H and O–H groups in total. The zero-order chi connectivity index (χ0) is 11.4. The van der Waals surface area contributed by atoms with Gasteiger partial charge in [0.1, 0.15) is 0 Å². The minimum Gasteiger partial charge on any atom is -0.309 e. The lowest BCUT2D eigenvalue weighted by atomic mass is 10.2. The summed E-state index contributed by atoms with van der Waals surface area (Å²) in [7, 11) is 1.96. The molecular weight excluding hydrogens is 238 g/mol. The first-order valence-corrected chi connectivity index (χ1v) is 7.87. The molecule has 0 saturated carbocycles. The van der Waals surface area contributed by atoms with E-state index < -0.39 is 0 Å². The lowest BCUT2D eigenvalue weighted by molar-refractivity contribution is 0.576. The fraction of sp³-hybridized carbons (Fsp3) is 0.727. The van der Waals surface area contributed by atoms with Crippen molar-refractivity contribution < 1.29 is 0 Å². The first-order valence-electron chi connectivity index (χ1n) is 5.67. The Morgan fingerprint density at radius 3 is 3.12 bits per heavy atom. The van der Waals surface area contributed by atoms with Crippen LogP contribution in [0.15, 0.2) is 12.4 Å². The first kappa shape index (κ1) is 12.3. The van der Waals surface area contributed by atoms with E-state index in [0.29, 0.717) is 6.04 Å². The highest BCUT2D eigenvalue weighted by atomic mass is 32.2. The summed E-state index contributed by atoms with van der Waals surface area (Å²) in [6.07, 6.45) is 4.03. The van der Waals surface area contributed by atoms with Crippen LogP contribution in [0, 0.1) is 0 Å². The number of hydrogen-bond acceptors (Lipinski definition) is 4. The Kier molecular flexibility index (Phi) is 4.61. The molecule has 2 unspecified atom stereocenters. The molecule has 5 heteroatoms. The van der Waals surface area contributed by atoms with Gasteiger partial charge in [-0.3, -0.25) is 4.68 Å². The van der Waals surface area contributed by atoms with Crippen molar-refractivity contribution in [2.75, 3.05) is 23.8 Å². The van der Waals surface area contributed by atoms with Crippen molar-refractivity contribution in [3.05, 3.63) is 18.0 Å². The van der Waals surface area contributed by atoms with Crippen LogP contribution >= 0.6 is 23.5 Å². The van der Waals surface area contributed by atoms with Crippen LogP contribution in [0.5, 0.6) is 0 Å². The number of hydrogen-bond donors (Lipinski definition) is 1. The van der Waals surface area contributed by atoms with Crippen LogP contribution < -0.4 is 5.32 Å². The summed E-state index contributed by atoms with van der Waals surface area (Å²) in [4.78, 5) is 0. The molecule has 0 spiro atoms. The zero-order valence-corrected chi connectivity index (χ0v) is 11.5. The summed E-state index contributed by atoms with van der Waals surface area (Å²) < 4.78 is 1.86. The predicted molar refractivity (Wildman–Crippen MR) is 73.2 cm³/mol. The van der Waals surface area contributed by atoms with Crippen molar-refractivity contribution in [2.24, 2.45) is 7.05 Å². The van der Waals surface area contributed by atoms with Gasteiger partial charge in [0, 0.05) is 53.9 Å². The van der Waals surface area contributed by atoms with E-state index in [2.05, 4.69) is 47.1 Å². The monoisotopic (exact) mass is 257 g/mol. The van der Waals surface area contributed by atoms with Crippen LogP contribution in [-0.2, 0) is 7.05 Å². The third-order valence-corrected chi connectivity index (χ3v) is 5.61. The smallest absolute Gasteiger partial charge is 0.0537 e. The third-order valence-electron chi connectivity index (χ3n) is 2.76. The Hall–Kier alpha value is -0.130. The van der Waals surface area contributed by atoms with E-state index >= 15 is 0 Å². The molecule has 0 aromatic carbocycles. The second-order valence-corrected chi connectivity index (χ2v) is 6.70. The van der Waals surface area contributed by atoms with E-state index in [0.717, 1.165) is 11.8 Å². The largest absolute Gasteiger partial charge is 0.309 e. The molecule has 2 heterocycles. The molecule has 1 aromatic heterocycles. The summed E-state index contributed by atoms with van der Waals surface area (Å²) in [5, 5.41) is 8.57. The van der Waals surface area contributed by atoms with Crippen molar-refractivity contribution >= 4 is 23.5 Å². The van der Waals surface area contributed by atoms with Crippen molar-refractivity contribution in [1.82, 2.24) is 15.1 Å². The van der Waals surface area contributed by atoms with Crippen molar-refractivity contribution in [3.63, 3.8) is 0 Å². The van der Waals surface area contributed by atoms with E-state index in [9.17, 15) is 0 Å². The standard InChI is InChI=1S/C11H19N3S2/c1-9(10-5-13-14(2)7-10)12-6-11-8-15-3-4-16-11/h5,7,9,11-12H,3-4,6,8H2,1-2H3. The molecule has 1 aliphatic rings. The summed E-state index contributed by atoms with van der Waals surface area (Å²) >= 11 is 4.18. The van der Waals surface area contributed by atoms with Crippen molar-refractivity contribution in [3.8, 4) is 0 Å². The van der Waals surface area contributed by atoms with Crippen LogP contribution in [0.4, 0.5) is 0 Å². The molecule has 1 aromatic rings. The number of aryl methyl sites for hydroxylation is 1. The maximum Gasteiger partial charge on any atom is 0.0537 e. The van der Waals surface area contributed by atoms with Crippen LogP contribution in [0.2, 0.25) is 0 Å². The molecule has 1 aliphatic heterocycles. The fourth-order valence-electron chi connectivity index (χ4n) is 1.74. The van der Waals surface area contributed by atoms with Gasteiger partial charge in [-0.1, -0.05) is 0 Å². The van der Waals surface area contributed by atoms with Crippen molar-refractivity contribution in [1.29, 1.82) is 0 Å². The summed E-state index contributed by atoms with van der Waals surface area (Å²) in [5.74, 6) is 3.91. The minimum absolute atomic E-state index is 0.404. The van der Waals surface area contributed by atoms with E-state index in [1.807, 2.05) is 17.9 Å². The summed E-state index contributed by atoms with van der Waals surface area (Å²) in [5.41, 5.74) is 1.27. The van der Waals surface area contributed by atoms with Crippen LogP contribution in [0.3, 0.4) is 0 Å². The topological polar surface area (TPSA) is 29.9 Å². The SMILES string of the molecule is CC(NCC1CSCCS1)c1cnn(C)c1. The number of nitrogens with zero attached hydrogens (tertiary/aromatic N) is 2. The number of rotatable bonds is 4. The zero-order valence-electron chi connectivity index (χ0n) is 9.85. The van der Waals surface area contributed by atoms with Gasteiger partial charge in [0.2, 0.25) is 0 Å². The molecular formula is C11H19N3S2. The van der Waals surface area contributed by atoms with Gasteiger partial charge in [0.25, 0.3) is 0 Å². The van der Waals surface area contributed by atoms with Crippen LogP contribution in [-0.4, -0.2) is 38.8 Å². The summed E-state index contributed by atoms with van der Waals surface area (Å²) in [6, 6.07) is 0.404. The van der Waals surface area contributed by atoms with Gasteiger partial charge in [0.15, 0.2) is 0 Å². The van der Waals surface area contributed by atoms with Gasteiger partial charge in [-0.2, -0.15) is 28.6 Å². The Morgan fingerprint density at radius 2 is 2.50 bits per heavy atom. The fourth-order valence-corrected chi connectivity index (χ4v) is 4.37. The van der Waals surface area contributed by atoms with E-state index in [-0.39, 0.29) is 0 Å². The van der Waals surface area contributed by atoms with E-state index in [1.165, 1.54) is 22.8 Å². The second-order valence-electron chi connectivity index (χ2n) is 4.14. The Labute approximate surface area is 106 Å². The maximum absolute atomic E-state index is 4.20. The lowest BCUT2D eigenvalue weighted by Crippen LogP contribution is -2.30. The van der Waals surface area contributed by atoms with Gasteiger partial charge < -0.3 is 5.32 Å². The molecule has 16 heavy (non-hydrogen) atoms. The van der Waals surface area contributed by atoms with Crippen LogP contribution in [0.25, 0.3) is 0 Å². The molecule has 0 radical (unpaired) electrons. The molecule has 0 amide bonds. The van der Waals surface area contributed by atoms with Gasteiger partial charge >= 0.3 is 0 Å². The maximum atomic E-state index is 4.20. The molecule has 1 fully saturated rings. The van der Waals surface area contributed by atoms with Gasteiger partial charge in [-0.25, -0.2) is 0 Å². The van der Waals surface area contributed by atoms with Crippen LogP contribution in [0.1, 0.15) is 18.5 Å². The molecule has 90 valence electrons. The predicted octanol–water partition coefficient (Wildman–Crippen LogP) is 1.92. The van der Waals surface area contributed by atoms with Gasteiger partial charge in [-0.15, -0.1) is 0 Å². The average molecular weight is 257 g/mol. The number of nitrogens with one attached hydrogen (secondary N) is 1. The third kappa shape index (κ3) is 3.43. The Balaban J connectivity index is 1.76. The molecule has 2 atom stereocenters. The Morgan fingerprint density at radius 1 is 1.62 bits per heavy atom. The van der Waals surface area contributed by atoms with Crippen molar-refractivity contribution in [2.45, 2.75) is 18.2 Å². The molecule has 3 nitrogen and oxygen atoms in total. The first-order chi connectivity index (χ1) is 7.75.